The predicted molar refractivity (Wildman–Crippen MR) is 88.3 cm³/mol. The number of imidazole rings is 1. The van der Waals surface area contributed by atoms with Crippen molar-refractivity contribution in [2.45, 2.75) is 38.3 Å². The van der Waals surface area contributed by atoms with Crippen LogP contribution in [0.3, 0.4) is 0 Å². The maximum atomic E-state index is 12.2. The second-order valence-corrected chi connectivity index (χ2v) is 6.05. The highest BCUT2D eigenvalue weighted by atomic mass is 16.5. The van der Waals surface area contributed by atoms with Gasteiger partial charge in [-0.05, 0) is 18.6 Å². The lowest BCUT2D eigenvalue weighted by Crippen LogP contribution is -2.41. The molecule has 8 heteroatoms. The van der Waals surface area contributed by atoms with Crippen LogP contribution in [0.1, 0.15) is 24.6 Å². The third kappa shape index (κ3) is 3.57. The van der Waals surface area contributed by atoms with E-state index in [1.807, 2.05) is 18.3 Å². The van der Waals surface area contributed by atoms with Gasteiger partial charge in [-0.3, -0.25) is 9.78 Å². The van der Waals surface area contributed by atoms with Crippen LogP contribution in [-0.4, -0.2) is 36.6 Å². The highest BCUT2D eigenvalue weighted by molar-refractivity contribution is 5.76. The van der Waals surface area contributed by atoms with Crippen LogP contribution in [0.25, 0.3) is 11.4 Å². The summed E-state index contributed by atoms with van der Waals surface area (Å²) in [5.41, 5.74) is 0.792. The van der Waals surface area contributed by atoms with Crippen LogP contribution in [0.2, 0.25) is 0 Å². The lowest BCUT2D eigenvalue weighted by Gasteiger charge is -2.24. The van der Waals surface area contributed by atoms with Crippen molar-refractivity contribution in [1.82, 2.24) is 30.0 Å². The summed E-state index contributed by atoms with van der Waals surface area (Å²) < 4.78 is 7.30. The molecular weight excluding hydrogens is 320 g/mol. The average Bonchev–Trinajstić information content (AvgIpc) is 3.30. The number of nitrogens with one attached hydrogen (secondary N) is 1. The Kier molecular flexibility index (Phi) is 4.24. The standard InChI is InChI=1S/C17H18N6O2/c24-15(20-13-3-4-14-19-8-9-23(14)11-13)5-6-16-21-17(22-25-16)12-2-1-7-18-10-12/h1-2,7-10,13H,3-6,11H2,(H,20,24). The van der Waals surface area contributed by atoms with Crippen molar-refractivity contribution in [2.75, 3.05) is 0 Å². The van der Waals surface area contributed by atoms with E-state index in [-0.39, 0.29) is 11.9 Å². The fourth-order valence-corrected chi connectivity index (χ4v) is 2.97. The maximum Gasteiger partial charge on any atom is 0.227 e. The molecule has 0 saturated carbocycles. The minimum Gasteiger partial charge on any atom is -0.352 e. The van der Waals surface area contributed by atoms with Crippen molar-refractivity contribution >= 4 is 5.91 Å². The van der Waals surface area contributed by atoms with Gasteiger partial charge in [0.05, 0.1) is 0 Å². The maximum absolute atomic E-state index is 12.2. The van der Waals surface area contributed by atoms with E-state index < -0.39 is 0 Å². The molecule has 0 bridgehead atoms. The third-order valence-electron chi connectivity index (χ3n) is 4.25. The van der Waals surface area contributed by atoms with Crippen LogP contribution < -0.4 is 5.32 Å². The summed E-state index contributed by atoms with van der Waals surface area (Å²) in [6, 6.07) is 3.82. The van der Waals surface area contributed by atoms with Gasteiger partial charge < -0.3 is 14.4 Å². The number of nitrogens with zero attached hydrogens (tertiary/aromatic N) is 5. The van der Waals surface area contributed by atoms with Gasteiger partial charge in [-0.2, -0.15) is 4.98 Å². The summed E-state index contributed by atoms with van der Waals surface area (Å²) >= 11 is 0. The Balaban J connectivity index is 1.29. The Bertz CT molecular complexity index is 857. The van der Waals surface area contributed by atoms with Crippen molar-refractivity contribution in [3.05, 3.63) is 48.6 Å². The molecule has 25 heavy (non-hydrogen) atoms. The molecule has 8 nitrogen and oxygen atoms in total. The molecule has 1 amide bonds. The Labute approximate surface area is 144 Å². The van der Waals surface area contributed by atoms with Crippen molar-refractivity contribution in [1.29, 1.82) is 0 Å². The van der Waals surface area contributed by atoms with Gasteiger partial charge in [0.25, 0.3) is 0 Å². The molecule has 3 aromatic heterocycles. The van der Waals surface area contributed by atoms with Crippen LogP contribution in [0.5, 0.6) is 0 Å². The first-order valence-electron chi connectivity index (χ1n) is 8.30. The quantitative estimate of drug-likeness (QED) is 0.755. The molecule has 1 N–H and O–H groups in total. The van der Waals surface area contributed by atoms with Crippen LogP contribution >= 0.6 is 0 Å². The normalized spacial score (nSPS) is 16.4. The summed E-state index contributed by atoms with van der Waals surface area (Å²) in [4.78, 5) is 24.8. The zero-order valence-corrected chi connectivity index (χ0v) is 13.6. The van der Waals surface area contributed by atoms with Gasteiger partial charge in [-0.15, -0.1) is 0 Å². The first-order valence-corrected chi connectivity index (χ1v) is 8.30. The van der Waals surface area contributed by atoms with Crippen molar-refractivity contribution in [3.63, 3.8) is 0 Å². The molecule has 1 atom stereocenters. The fraction of sp³-hybridized carbons (Fsp3) is 0.353. The molecule has 1 aliphatic rings. The van der Waals surface area contributed by atoms with Gasteiger partial charge in [0.2, 0.25) is 17.6 Å². The number of amides is 1. The SMILES string of the molecule is O=C(CCc1nc(-c2cccnc2)no1)NC1CCc2nccn2C1. The monoisotopic (exact) mass is 338 g/mol. The summed E-state index contributed by atoms with van der Waals surface area (Å²) in [6.07, 6.45) is 9.65. The molecule has 4 heterocycles. The van der Waals surface area contributed by atoms with Crippen LogP contribution in [-0.2, 0) is 24.2 Å². The summed E-state index contributed by atoms with van der Waals surface area (Å²) in [6.45, 7) is 0.771. The second kappa shape index (κ2) is 6.84. The molecule has 4 rings (SSSR count). The minimum atomic E-state index is -0.00491. The zero-order valence-electron chi connectivity index (χ0n) is 13.6. The second-order valence-electron chi connectivity index (χ2n) is 6.05. The van der Waals surface area contributed by atoms with E-state index in [2.05, 4.69) is 30.0 Å². The predicted octanol–water partition coefficient (Wildman–Crippen LogP) is 1.39. The van der Waals surface area contributed by atoms with E-state index in [1.165, 1.54) is 0 Å². The molecule has 0 radical (unpaired) electrons. The van der Waals surface area contributed by atoms with E-state index >= 15 is 0 Å². The zero-order chi connectivity index (χ0) is 17.1. The Morgan fingerprint density at radius 3 is 3.24 bits per heavy atom. The van der Waals surface area contributed by atoms with E-state index in [1.54, 1.807) is 18.6 Å². The topological polar surface area (TPSA) is 98.7 Å². The number of hydrogen-bond acceptors (Lipinski definition) is 6. The van der Waals surface area contributed by atoms with Crippen LogP contribution in [0, 0.1) is 0 Å². The largest absolute Gasteiger partial charge is 0.352 e. The summed E-state index contributed by atoms with van der Waals surface area (Å²) in [5.74, 6) is 2.02. The molecule has 1 aliphatic heterocycles. The highest BCUT2D eigenvalue weighted by Crippen LogP contribution is 2.15. The van der Waals surface area contributed by atoms with Gasteiger partial charge in [0.15, 0.2) is 0 Å². The fourth-order valence-electron chi connectivity index (χ4n) is 2.97. The first-order chi connectivity index (χ1) is 12.3. The number of carbonyl (C=O) groups excluding carboxylic acids is 1. The number of carbonyl (C=O) groups is 1. The number of hydrogen-bond donors (Lipinski definition) is 1. The first kappa shape index (κ1) is 15.5. The molecule has 0 spiro atoms. The Morgan fingerprint density at radius 2 is 2.36 bits per heavy atom. The number of fused-ring (bicyclic) bond motifs is 1. The van der Waals surface area contributed by atoms with E-state index in [9.17, 15) is 4.79 Å². The molecule has 0 aromatic carbocycles. The number of aromatic nitrogens is 5. The van der Waals surface area contributed by atoms with Crippen molar-refractivity contribution in [3.8, 4) is 11.4 Å². The number of aryl methyl sites for hydroxylation is 2. The molecule has 0 aliphatic carbocycles. The van der Waals surface area contributed by atoms with E-state index in [0.717, 1.165) is 30.8 Å². The van der Waals surface area contributed by atoms with Gasteiger partial charge in [0, 0.05) is 62.2 Å². The lowest BCUT2D eigenvalue weighted by molar-refractivity contribution is -0.122. The van der Waals surface area contributed by atoms with Gasteiger partial charge in [-0.25, -0.2) is 4.98 Å². The van der Waals surface area contributed by atoms with Crippen molar-refractivity contribution in [2.24, 2.45) is 0 Å². The lowest BCUT2D eigenvalue weighted by atomic mass is 10.1. The van der Waals surface area contributed by atoms with Crippen LogP contribution in [0.4, 0.5) is 0 Å². The van der Waals surface area contributed by atoms with Gasteiger partial charge >= 0.3 is 0 Å². The molecule has 0 saturated heterocycles. The number of rotatable bonds is 5. The minimum absolute atomic E-state index is 0.00491. The van der Waals surface area contributed by atoms with Gasteiger partial charge in [0.1, 0.15) is 5.82 Å². The number of pyridine rings is 1. The summed E-state index contributed by atoms with van der Waals surface area (Å²) in [5, 5.41) is 7.00. The molecule has 128 valence electrons. The summed E-state index contributed by atoms with van der Waals surface area (Å²) in [7, 11) is 0. The molecule has 3 aromatic rings. The van der Waals surface area contributed by atoms with E-state index in [4.69, 9.17) is 4.52 Å². The van der Waals surface area contributed by atoms with Gasteiger partial charge in [-0.1, -0.05) is 5.16 Å². The Morgan fingerprint density at radius 1 is 1.40 bits per heavy atom. The molecule has 1 unspecified atom stereocenters. The van der Waals surface area contributed by atoms with E-state index in [0.29, 0.717) is 24.6 Å². The molecular formula is C17H18N6O2. The highest BCUT2D eigenvalue weighted by Gasteiger charge is 2.20. The Hall–Kier alpha value is -3.03. The smallest absolute Gasteiger partial charge is 0.227 e. The van der Waals surface area contributed by atoms with Crippen molar-refractivity contribution < 1.29 is 9.32 Å². The third-order valence-corrected chi connectivity index (χ3v) is 4.25. The molecule has 0 fully saturated rings. The average molecular weight is 338 g/mol. The van der Waals surface area contributed by atoms with Crippen LogP contribution in [0.15, 0.2) is 41.4 Å².